The second kappa shape index (κ2) is 6.96. The number of carbonyl (C=O) groups is 1. The molecule has 0 spiro atoms. The lowest BCUT2D eigenvalue weighted by atomic mass is 10.2. The van der Waals surface area contributed by atoms with Crippen molar-refractivity contribution in [1.82, 2.24) is 0 Å². The van der Waals surface area contributed by atoms with Crippen LogP contribution in [0.1, 0.15) is 0 Å². The Labute approximate surface area is 112 Å². The Balaban J connectivity index is 2.02. The number of methoxy groups -OCH3 is 1. The van der Waals surface area contributed by atoms with Crippen molar-refractivity contribution in [2.45, 2.75) is 6.29 Å². The molecule has 1 aliphatic heterocycles. The molecule has 19 heavy (non-hydrogen) atoms. The van der Waals surface area contributed by atoms with Crippen molar-refractivity contribution in [3.05, 3.63) is 18.2 Å². The third kappa shape index (κ3) is 3.84. The average molecular weight is 266 g/mol. The molecular formula is C13H18N2O4. The molecule has 1 heterocycles. The van der Waals surface area contributed by atoms with Gasteiger partial charge >= 0.3 is 0 Å². The van der Waals surface area contributed by atoms with Crippen LogP contribution in [0, 0.1) is 0 Å². The Morgan fingerprint density at radius 1 is 1.32 bits per heavy atom. The minimum Gasteiger partial charge on any atom is -0.497 e. The van der Waals surface area contributed by atoms with Crippen molar-refractivity contribution in [3.8, 4) is 5.75 Å². The molecule has 1 fully saturated rings. The van der Waals surface area contributed by atoms with Crippen molar-refractivity contribution in [2.75, 3.05) is 44.0 Å². The molecule has 0 bridgehead atoms. The molecule has 0 unspecified atom stereocenters. The molecule has 0 radical (unpaired) electrons. The number of aldehydes is 1. The zero-order valence-electron chi connectivity index (χ0n) is 10.8. The summed E-state index contributed by atoms with van der Waals surface area (Å²) < 4.78 is 15.9. The molecule has 1 aliphatic rings. The molecule has 2 N–H and O–H groups in total. The van der Waals surface area contributed by atoms with E-state index in [1.165, 1.54) is 0 Å². The number of benzene rings is 1. The summed E-state index contributed by atoms with van der Waals surface area (Å²) in [4.78, 5) is 10.4. The van der Waals surface area contributed by atoms with Crippen LogP contribution in [0.15, 0.2) is 18.2 Å². The van der Waals surface area contributed by atoms with E-state index in [4.69, 9.17) is 14.2 Å². The first-order chi connectivity index (χ1) is 9.33. The smallest absolute Gasteiger partial charge is 0.174 e. The van der Waals surface area contributed by atoms with E-state index in [2.05, 4.69) is 10.6 Å². The summed E-state index contributed by atoms with van der Waals surface area (Å²) in [5, 5.41) is 6.25. The molecule has 1 aromatic carbocycles. The molecule has 1 aromatic rings. The minimum atomic E-state index is -0.231. The highest BCUT2D eigenvalue weighted by Gasteiger charge is 2.16. The molecule has 0 amide bonds. The highest BCUT2D eigenvalue weighted by atomic mass is 16.7. The van der Waals surface area contributed by atoms with Gasteiger partial charge in [0.1, 0.15) is 12.0 Å². The second-order valence-corrected chi connectivity index (χ2v) is 4.01. The summed E-state index contributed by atoms with van der Waals surface area (Å²) in [6.45, 7) is 2.06. The molecule has 1 saturated heterocycles. The van der Waals surface area contributed by atoms with Crippen molar-refractivity contribution in [3.63, 3.8) is 0 Å². The normalized spacial score (nSPS) is 15.2. The van der Waals surface area contributed by atoms with Gasteiger partial charge in [0.05, 0.1) is 44.8 Å². The highest BCUT2D eigenvalue weighted by Crippen LogP contribution is 2.27. The zero-order chi connectivity index (χ0) is 13.5. The fourth-order valence-electron chi connectivity index (χ4n) is 1.82. The van der Waals surface area contributed by atoms with E-state index in [0.29, 0.717) is 19.8 Å². The predicted octanol–water partition coefficient (Wildman–Crippen LogP) is 1.09. The Hall–Kier alpha value is -1.79. The predicted molar refractivity (Wildman–Crippen MR) is 71.7 cm³/mol. The van der Waals surface area contributed by atoms with Crippen LogP contribution in [-0.4, -0.2) is 46.0 Å². The van der Waals surface area contributed by atoms with E-state index in [9.17, 15) is 4.79 Å². The van der Waals surface area contributed by atoms with Crippen LogP contribution >= 0.6 is 0 Å². The summed E-state index contributed by atoms with van der Waals surface area (Å²) in [5.74, 6) is 0.743. The standard InChI is InChI=1S/C13H18N2O4/c1-17-10-2-3-11(14-4-5-16)12(8-10)15-9-13-18-6-7-19-13/h2-3,5,8,13-15H,4,6-7,9H2,1H3. The van der Waals surface area contributed by atoms with Gasteiger partial charge in [0.2, 0.25) is 0 Å². The molecule has 6 heteroatoms. The Morgan fingerprint density at radius 2 is 2.11 bits per heavy atom. The number of carbonyl (C=O) groups excluding carboxylic acids is 1. The van der Waals surface area contributed by atoms with E-state index in [1.54, 1.807) is 7.11 Å². The largest absolute Gasteiger partial charge is 0.497 e. The van der Waals surface area contributed by atoms with Crippen molar-refractivity contribution in [1.29, 1.82) is 0 Å². The lowest BCUT2D eigenvalue weighted by Crippen LogP contribution is -2.21. The van der Waals surface area contributed by atoms with E-state index >= 15 is 0 Å². The van der Waals surface area contributed by atoms with Gasteiger partial charge in [-0.1, -0.05) is 0 Å². The number of hydrogen-bond donors (Lipinski definition) is 2. The van der Waals surface area contributed by atoms with E-state index < -0.39 is 0 Å². The third-order valence-electron chi connectivity index (χ3n) is 2.75. The number of hydrogen-bond acceptors (Lipinski definition) is 6. The van der Waals surface area contributed by atoms with Gasteiger partial charge in [0, 0.05) is 6.07 Å². The first-order valence-electron chi connectivity index (χ1n) is 6.16. The second-order valence-electron chi connectivity index (χ2n) is 4.01. The van der Waals surface area contributed by atoms with Crippen LogP contribution in [0.2, 0.25) is 0 Å². The molecule has 104 valence electrons. The lowest BCUT2D eigenvalue weighted by molar-refractivity contribution is -0.106. The topological polar surface area (TPSA) is 68.8 Å². The fraction of sp³-hybridized carbons (Fsp3) is 0.462. The monoisotopic (exact) mass is 266 g/mol. The van der Waals surface area contributed by atoms with Crippen molar-refractivity contribution in [2.24, 2.45) is 0 Å². The number of anilines is 2. The van der Waals surface area contributed by atoms with Crippen LogP contribution in [0.3, 0.4) is 0 Å². The molecule has 2 rings (SSSR count). The van der Waals surface area contributed by atoms with Gasteiger partial charge in [-0.15, -0.1) is 0 Å². The Bertz CT molecular complexity index is 419. The number of ether oxygens (including phenoxy) is 3. The Kier molecular flexibility index (Phi) is 5.00. The molecule has 6 nitrogen and oxygen atoms in total. The summed E-state index contributed by atoms with van der Waals surface area (Å²) in [6, 6.07) is 5.56. The van der Waals surface area contributed by atoms with Gasteiger partial charge in [0.25, 0.3) is 0 Å². The summed E-state index contributed by atoms with van der Waals surface area (Å²) >= 11 is 0. The summed E-state index contributed by atoms with van der Waals surface area (Å²) in [6.07, 6.45) is 0.585. The van der Waals surface area contributed by atoms with Crippen LogP contribution in [0.25, 0.3) is 0 Å². The van der Waals surface area contributed by atoms with Crippen LogP contribution < -0.4 is 15.4 Å². The quantitative estimate of drug-likeness (QED) is 0.720. The maximum absolute atomic E-state index is 10.4. The molecule has 0 aromatic heterocycles. The van der Waals surface area contributed by atoms with E-state index in [-0.39, 0.29) is 12.8 Å². The van der Waals surface area contributed by atoms with E-state index in [1.807, 2.05) is 18.2 Å². The third-order valence-corrected chi connectivity index (χ3v) is 2.75. The number of rotatable bonds is 7. The maximum Gasteiger partial charge on any atom is 0.174 e. The van der Waals surface area contributed by atoms with E-state index in [0.717, 1.165) is 23.4 Å². The van der Waals surface area contributed by atoms with Crippen molar-refractivity contribution >= 4 is 17.7 Å². The van der Waals surface area contributed by atoms with Crippen LogP contribution in [-0.2, 0) is 14.3 Å². The molecular weight excluding hydrogens is 248 g/mol. The van der Waals surface area contributed by atoms with Crippen LogP contribution in [0.5, 0.6) is 5.75 Å². The van der Waals surface area contributed by atoms with Crippen LogP contribution in [0.4, 0.5) is 11.4 Å². The Morgan fingerprint density at radius 3 is 2.79 bits per heavy atom. The van der Waals surface area contributed by atoms with Crippen molar-refractivity contribution < 1.29 is 19.0 Å². The number of nitrogens with one attached hydrogen (secondary N) is 2. The first kappa shape index (κ1) is 13.6. The fourth-order valence-corrected chi connectivity index (χ4v) is 1.82. The zero-order valence-corrected chi connectivity index (χ0v) is 10.8. The van der Waals surface area contributed by atoms with Gasteiger partial charge < -0.3 is 29.6 Å². The van der Waals surface area contributed by atoms with Gasteiger partial charge in [-0.3, -0.25) is 0 Å². The minimum absolute atomic E-state index is 0.231. The van der Waals surface area contributed by atoms with Gasteiger partial charge in [-0.2, -0.15) is 0 Å². The maximum atomic E-state index is 10.4. The van der Waals surface area contributed by atoms with Gasteiger partial charge in [-0.25, -0.2) is 0 Å². The summed E-state index contributed by atoms with van der Waals surface area (Å²) in [5.41, 5.74) is 1.69. The van der Waals surface area contributed by atoms with Gasteiger partial charge in [0.15, 0.2) is 6.29 Å². The average Bonchev–Trinajstić information content (AvgIpc) is 2.96. The van der Waals surface area contributed by atoms with Gasteiger partial charge in [-0.05, 0) is 12.1 Å². The molecule has 0 atom stereocenters. The highest BCUT2D eigenvalue weighted by molar-refractivity contribution is 5.73. The molecule has 0 saturated carbocycles. The lowest BCUT2D eigenvalue weighted by Gasteiger charge is -2.16. The first-order valence-corrected chi connectivity index (χ1v) is 6.16. The SMILES string of the molecule is COc1ccc(NCC=O)c(NCC2OCCO2)c1. The summed E-state index contributed by atoms with van der Waals surface area (Å²) in [7, 11) is 1.61. The molecule has 0 aliphatic carbocycles.